The molecule has 4 nitrogen and oxygen atoms in total. The first kappa shape index (κ1) is 23.9. The number of aliphatic hydroxyl groups excluding tert-OH is 2. The van der Waals surface area contributed by atoms with E-state index in [1.165, 1.54) is 12.7 Å². The number of hydrogen-bond donors (Lipinski definition) is 2. The highest BCUT2D eigenvalue weighted by atomic mass is 16.5. The standard InChI is InChI=1S/C30H48O4/c1-24(2)19-7-11-27(5)20(26(19,4)10-9-22(24)32)8-12-30-21-15-25(3,17-31)13-14-29(21,18-34-30)23(33)16-28(27,30)6/h17,19-23,32-33H,7-16,18H2,1-6H3/t19-,20-,21-,22+,23-,25+,26+,27-,28+,29-,30+/m1/s1. The molecule has 0 amide bonds. The van der Waals surface area contributed by atoms with Gasteiger partial charge in [-0.15, -0.1) is 0 Å². The van der Waals surface area contributed by atoms with Crippen LogP contribution in [0.2, 0.25) is 0 Å². The van der Waals surface area contributed by atoms with Crippen LogP contribution in [-0.2, 0) is 9.53 Å². The Hall–Kier alpha value is -0.450. The van der Waals surface area contributed by atoms with Crippen LogP contribution >= 0.6 is 0 Å². The van der Waals surface area contributed by atoms with Crippen LogP contribution in [0.1, 0.15) is 106 Å². The lowest BCUT2D eigenvalue weighted by atomic mass is 9.30. The van der Waals surface area contributed by atoms with Gasteiger partial charge in [0.1, 0.15) is 6.29 Å². The van der Waals surface area contributed by atoms with E-state index in [9.17, 15) is 15.0 Å². The summed E-state index contributed by atoms with van der Waals surface area (Å²) < 4.78 is 7.04. The third kappa shape index (κ3) is 2.41. The van der Waals surface area contributed by atoms with E-state index < -0.39 is 0 Å². The van der Waals surface area contributed by atoms with Gasteiger partial charge in [-0.1, -0.05) is 41.5 Å². The van der Waals surface area contributed by atoms with Crippen molar-refractivity contribution in [3.05, 3.63) is 0 Å². The molecule has 6 fully saturated rings. The summed E-state index contributed by atoms with van der Waals surface area (Å²) in [5.41, 5.74) is -0.549. The second kappa shape index (κ2) is 6.70. The number of aldehydes is 1. The fourth-order valence-corrected chi connectivity index (χ4v) is 12.0. The van der Waals surface area contributed by atoms with E-state index >= 15 is 0 Å². The summed E-state index contributed by atoms with van der Waals surface area (Å²) in [6, 6.07) is 0. The molecule has 4 heteroatoms. The van der Waals surface area contributed by atoms with Gasteiger partial charge in [-0.2, -0.15) is 0 Å². The number of ether oxygens (including phenoxy) is 1. The minimum absolute atomic E-state index is 0.0510. The van der Waals surface area contributed by atoms with Gasteiger partial charge in [0, 0.05) is 16.2 Å². The molecule has 5 aliphatic carbocycles. The summed E-state index contributed by atoms with van der Waals surface area (Å²) in [5.74, 6) is 1.38. The Balaban J connectivity index is 1.45. The molecule has 6 rings (SSSR count). The van der Waals surface area contributed by atoms with Gasteiger partial charge in [-0.25, -0.2) is 0 Å². The van der Waals surface area contributed by atoms with Crippen LogP contribution in [0.25, 0.3) is 0 Å². The maximum Gasteiger partial charge on any atom is 0.125 e. The highest BCUT2D eigenvalue weighted by molar-refractivity contribution is 5.59. The second-order valence-electron chi connectivity index (χ2n) is 15.5. The molecule has 34 heavy (non-hydrogen) atoms. The number of carbonyl (C=O) groups excluding carboxylic acids is 1. The van der Waals surface area contributed by atoms with Gasteiger partial charge < -0.3 is 19.7 Å². The molecule has 1 spiro atoms. The summed E-state index contributed by atoms with van der Waals surface area (Å²) >= 11 is 0. The van der Waals surface area contributed by atoms with E-state index in [2.05, 4.69) is 41.5 Å². The quantitative estimate of drug-likeness (QED) is 0.492. The van der Waals surface area contributed by atoms with Gasteiger partial charge in [0.05, 0.1) is 24.4 Å². The Labute approximate surface area is 206 Å². The van der Waals surface area contributed by atoms with Crippen LogP contribution in [-0.4, -0.2) is 40.9 Å². The normalized spacial score (nSPS) is 62.1. The predicted molar refractivity (Wildman–Crippen MR) is 132 cm³/mol. The van der Waals surface area contributed by atoms with Crippen LogP contribution < -0.4 is 0 Å². The molecule has 1 aliphatic heterocycles. The Morgan fingerprint density at radius 2 is 1.47 bits per heavy atom. The van der Waals surface area contributed by atoms with Crippen molar-refractivity contribution in [2.75, 3.05) is 6.61 Å². The molecule has 0 aromatic carbocycles. The lowest BCUT2D eigenvalue weighted by Crippen LogP contribution is -2.73. The number of fused-ring (bicyclic) bond motifs is 4. The van der Waals surface area contributed by atoms with Crippen molar-refractivity contribution < 1.29 is 19.7 Å². The molecule has 0 unspecified atom stereocenters. The molecule has 11 atom stereocenters. The Bertz CT molecular complexity index is 900. The first-order chi connectivity index (χ1) is 15.7. The van der Waals surface area contributed by atoms with E-state index in [-0.39, 0.29) is 56.2 Å². The predicted octanol–water partition coefficient (Wildman–Crippen LogP) is 5.53. The maximum atomic E-state index is 12.2. The van der Waals surface area contributed by atoms with Gasteiger partial charge in [-0.3, -0.25) is 0 Å². The van der Waals surface area contributed by atoms with Crippen LogP contribution in [0.15, 0.2) is 0 Å². The van der Waals surface area contributed by atoms with Crippen LogP contribution in [0.5, 0.6) is 0 Å². The highest BCUT2D eigenvalue weighted by Crippen LogP contribution is 2.80. The molecule has 5 saturated carbocycles. The van der Waals surface area contributed by atoms with E-state index in [4.69, 9.17) is 4.74 Å². The van der Waals surface area contributed by atoms with Crippen molar-refractivity contribution in [3.8, 4) is 0 Å². The maximum absolute atomic E-state index is 12.2. The van der Waals surface area contributed by atoms with Gasteiger partial charge in [0.15, 0.2) is 0 Å². The Kier molecular flexibility index (Phi) is 4.71. The molecule has 2 N–H and O–H groups in total. The zero-order chi connectivity index (χ0) is 24.6. The van der Waals surface area contributed by atoms with Gasteiger partial charge in [0.25, 0.3) is 0 Å². The smallest absolute Gasteiger partial charge is 0.125 e. The van der Waals surface area contributed by atoms with E-state index in [0.29, 0.717) is 18.4 Å². The van der Waals surface area contributed by atoms with E-state index in [1.807, 2.05) is 0 Å². The molecular weight excluding hydrogens is 424 g/mol. The van der Waals surface area contributed by atoms with Crippen molar-refractivity contribution in [2.24, 2.45) is 50.2 Å². The summed E-state index contributed by atoms with van der Waals surface area (Å²) in [6.07, 6.45) is 10.7. The molecular formula is C30H48O4. The molecule has 1 saturated heterocycles. The molecule has 192 valence electrons. The zero-order valence-corrected chi connectivity index (χ0v) is 22.5. The Morgan fingerprint density at radius 1 is 0.765 bits per heavy atom. The second-order valence-corrected chi connectivity index (χ2v) is 15.5. The topological polar surface area (TPSA) is 66.8 Å². The van der Waals surface area contributed by atoms with Gasteiger partial charge in [-0.05, 0) is 98.2 Å². The van der Waals surface area contributed by atoms with Crippen molar-refractivity contribution >= 4 is 6.29 Å². The van der Waals surface area contributed by atoms with Crippen molar-refractivity contribution in [3.63, 3.8) is 0 Å². The first-order valence-corrected chi connectivity index (χ1v) is 14.2. The summed E-state index contributed by atoms with van der Waals surface area (Å²) in [6.45, 7) is 15.0. The Morgan fingerprint density at radius 3 is 2.18 bits per heavy atom. The van der Waals surface area contributed by atoms with E-state index in [1.54, 1.807) is 0 Å². The number of rotatable bonds is 1. The van der Waals surface area contributed by atoms with Crippen molar-refractivity contribution in [1.29, 1.82) is 0 Å². The first-order valence-electron chi connectivity index (χ1n) is 14.2. The molecule has 0 aromatic heterocycles. The van der Waals surface area contributed by atoms with Crippen LogP contribution in [0, 0.1) is 50.2 Å². The SMILES string of the molecule is CC1(C)[C@H]2CC[C@]3(C)[C@H](CC[C@]45OC[C@@]6(CC[C@](C)(C=O)C[C@H]64)[C@H](O)C[C@]53C)[C@@]2(C)CC[C@@H]1O. The molecule has 2 bridgehead atoms. The average molecular weight is 473 g/mol. The molecule has 1 heterocycles. The fourth-order valence-electron chi connectivity index (χ4n) is 12.0. The average Bonchev–Trinajstić information content (AvgIpc) is 3.05. The third-order valence-electron chi connectivity index (χ3n) is 14.3. The molecule has 0 radical (unpaired) electrons. The number of hydrogen-bond acceptors (Lipinski definition) is 4. The zero-order valence-electron chi connectivity index (χ0n) is 22.5. The highest BCUT2D eigenvalue weighted by Gasteiger charge is 2.80. The van der Waals surface area contributed by atoms with Crippen molar-refractivity contribution in [1.82, 2.24) is 0 Å². The lowest BCUT2D eigenvalue weighted by molar-refractivity contribution is -0.297. The monoisotopic (exact) mass is 472 g/mol. The summed E-state index contributed by atoms with van der Waals surface area (Å²) in [5, 5.41) is 22.8. The largest absolute Gasteiger partial charge is 0.393 e. The summed E-state index contributed by atoms with van der Waals surface area (Å²) in [4.78, 5) is 12.2. The minimum Gasteiger partial charge on any atom is -0.393 e. The minimum atomic E-state index is -0.347. The number of aliphatic hydroxyl groups is 2. The van der Waals surface area contributed by atoms with E-state index in [0.717, 1.165) is 57.8 Å². The van der Waals surface area contributed by atoms with Crippen molar-refractivity contribution in [2.45, 2.75) is 124 Å². The molecule has 6 aliphatic rings. The van der Waals surface area contributed by atoms with Gasteiger partial charge >= 0.3 is 0 Å². The fraction of sp³-hybridized carbons (Fsp3) is 0.967. The van der Waals surface area contributed by atoms with Crippen LogP contribution in [0.3, 0.4) is 0 Å². The lowest BCUT2D eigenvalue weighted by Gasteiger charge is -2.75. The van der Waals surface area contributed by atoms with Crippen LogP contribution in [0.4, 0.5) is 0 Å². The number of carbonyl (C=O) groups is 1. The molecule has 0 aromatic rings. The van der Waals surface area contributed by atoms with Gasteiger partial charge in [0.2, 0.25) is 0 Å². The third-order valence-corrected chi connectivity index (χ3v) is 14.3. The summed E-state index contributed by atoms with van der Waals surface area (Å²) in [7, 11) is 0.